The molecule has 1 aromatic carbocycles. The first kappa shape index (κ1) is 19.7. The zero-order valence-corrected chi connectivity index (χ0v) is 13.9. The van der Waals surface area contributed by atoms with Gasteiger partial charge >= 0.3 is 0 Å². The SMILES string of the molecule is C=CC(F)(F)CSc1cc(CC=NC(=NC)C(F)F)ccc1Cl. The van der Waals surface area contributed by atoms with E-state index in [9.17, 15) is 17.6 Å². The molecule has 0 N–H and O–H groups in total. The highest BCUT2D eigenvalue weighted by Gasteiger charge is 2.24. The van der Waals surface area contributed by atoms with E-state index < -0.39 is 23.9 Å². The number of hydrogen-bond donors (Lipinski definition) is 0. The van der Waals surface area contributed by atoms with Crippen molar-refractivity contribution >= 4 is 35.4 Å². The lowest BCUT2D eigenvalue weighted by molar-refractivity contribution is 0.0834. The predicted molar refractivity (Wildman–Crippen MR) is 88.9 cm³/mol. The largest absolute Gasteiger partial charge is 0.296 e. The summed E-state index contributed by atoms with van der Waals surface area (Å²) in [4.78, 5) is 7.44. The highest BCUT2D eigenvalue weighted by Crippen LogP contribution is 2.32. The summed E-state index contributed by atoms with van der Waals surface area (Å²) in [6.07, 6.45) is -0.604. The van der Waals surface area contributed by atoms with Gasteiger partial charge in [0, 0.05) is 24.6 Å². The fourth-order valence-corrected chi connectivity index (χ4v) is 2.66. The zero-order valence-electron chi connectivity index (χ0n) is 12.3. The van der Waals surface area contributed by atoms with Crippen molar-refractivity contribution in [3.63, 3.8) is 0 Å². The van der Waals surface area contributed by atoms with Gasteiger partial charge in [-0.15, -0.1) is 11.8 Å². The van der Waals surface area contributed by atoms with Gasteiger partial charge in [0.05, 0.1) is 10.8 Å². The lowest BCUT2D eigenvalue weighted by atomic mass is 10.2. The second-order valence-corrected chi connectivity index (χ2v) is 5.84. The zero-order chi connectivity index (χ0) is 17.5. The summed E-state index contributed by atoms with van der Waals surface area (Å²) in [5.74, 6) is -4.03. The molecule has 1 rings (SSSR count). The van der Waals surface area contributed by atoms with Gasteiger partial charge in [-0.25, -0.2) is 22.6 Å². The Morgan fingerprint density at radius 2 is 2.13 bits per heavy atom. The molecule has 0 heterocycles. The summed E-state index contributed by atoms with van der Waals surface area (Å²) >= 11 is 6.87. The molecule has 0 radical (unpaired) electrons. The molecule has 2 nitrogen and oxygen atoms in total. The number of amidine groups is 1. The molecule has 0 unspecified atom stereocenters. The molecule has 0 saturated carbocycles. The van der Waals surface area contributed by atoms with Crippen molar-refractivity contribution in [2.75, 3.05) is 12.8 Å². The molecule has 0 aliphatic rings. The van der Waals surface area contributed by atoms with Crippen molar-refractivity contribution < 1.29 is 17.6 Å². The predicted octanol–water partition coefficient (Wildman–Crippen LogP) is 5.16. The van der Waals surface area contributed by atoms with Crippen LogP contribution in [0.4, 0.5) is 17.6 Å². The molecule has 0 aromatic heterocycles. The second-order valence-electron chi connectivity index (χ2n) is 4.42. The molecule has 0 saturated heterocycles. The number of allylic oxidation sites excluding steroid dienone is 1. The molecule has 23 heavy (non-hydrogen) atoms. The van der Waals surface area contributed by atoms with Crippen molar-refractivity contribution in [3.05, 3.63) is 41.4 Å². The van der Waals surface area contributed by atoms with Crippen LogP contribution in [0.3, 0.4) is 0 Å². The molecule has 1 aromatic rings. The maximum Gasteiger partial charge on any atom is 0.296 e. The molecule has 0 amide bonds. The highest BCUT2D eigenvalue weighted by molar-refractivity contribution is 7.99. The number of rotatable bonds is 7. The van der Waals surface area contributed by atoms with Gasteiger partial charge in [0.15, 0.2) is 5.84 Å². The van der Waals surface area contributed by atoms with Gasteiger partial charge in [-0.2, -0.15) is 0 Å². The Morgan fingerprint density at radius 1 is 1.43 bits per heavy atom. The van der Waals surface area contributed by atoms with Crippen LogP contribution in [0, 0.1) is 0 Å². The number of hydrogen-bond acceptors (Lipinski definition) is 2. The normalized spacial score (nSPS) is 13.1. The van der Waals surface area contributed by atoms with Crippen LogP contribution in [0.1, 0.15) is 5.56 Å². The van der Waals surface area contributed by atoms with Crippen LogP contribution in [-0.4, -0.2) is 37.2 Å². The Kier molecular flexibility index (Phi) is 7.78. The minimum Gasteiger partial charge on any atom is -0.269 e. The topological polar surface area (TPSA) is 24.7 Å². The first-order chi connectivity index (χ1) is 10.8. The fraction of sp³-hybridized carbons (Fsp3) is 0.333. The first-order valence-electron chi connectivity index (χ1n) is 6.49. The summed E-state index contributed by atoms with van der Waals surface area (Å²) in [5.41, 5.74) is 0.715. The van der Waals surface area contributed by atoms with E-state index in [1.54, 1.807) is 18.2 Å². The van der Waals surface area contributed by atoms with Crippen molar-refractivity contribution in [1.82, 2.24) is 0 Å². The minimum absolute atomic E-state index is 0.258. The third kappa shape index (κ3) is 6.74. The molecule has 0 spiro atoms. The summed E-state index contributed by atoms with van der Waals surface area (Å²) in [7, 11) is 1.23. The van der Waals surface area contributed by atoms with E-state index >= 15 is 0 Å². The van der Waals surface area contributed by atoms with E-state index in [0.717, 1.165) is 11.8 Å². The number of nitrogens with zero attached hydrogens (tertiary/aromatic N) is 2. The molecule has 8 heteroatoms. The summed E-state index contributed by atoms with van der Waals surface area (Å²) in [5, 5.41) is 0.346. The molecular weight excluding hydrogens is 352 g/mol. The van der Waals surface area contributed by atoms with Gasteiger partial charge < -0.3 is 0 Å². The lowest BCUT2D eigenvalue weighted by Gasteiger charge is -2.12. The Balaban J connectivity index is 2.77. The number of aliphatic imine (C=N–C) groups is 2. The van der Waals surface area contributed by atoms with Crippen molar-refractivity contribution in [3.8, 4) is 0 Å². The quantitative estimate of drug-likeness (QED) is 0.215. The second kappa shape index (κ2) is 9.08. The average molecular weight is 367 g/mol. The molecule has 0 aliphatic heterocycles. The molecule has 0 fully saturated rings. The van der Waals surface area contributed by atoms with Crippen molar-refractivity contribution in [1.29, 1.82) is 0 Å². The van der Waals surface area contributed by atoms with Gasteiger partial charge in [0.2, 0.25) is 0 Å². The maximum absolute atomic E-state index is 13.2. The molecule has 0 atom stereocenters. The van der Waals surface area contributed by atoms with E-state index in [1.165, 1.54) is 13.3 Å². The van der Waals surface area contributed by atoms with Gasteiger partial charge in [0.1, 0.15) is 0 Å². The molecular formula is C15H15ClF4N2S. The third-order valence-corrected chi connectivity index (χ3v) is 4.31. The lowest BCUT2D eigenvalue weighted by Crippen LogP contribution is -2.14. The van der Waals surface area contributed by atoms with E-state index in [0.29, 0.717) is 21.6 Å². The van der Waals surface area contributed by atoms with E-state index in [2.05, 4.69) is 16.6 Å². The average Bonchev–Trinajstić information content (AvgIpc) is 2.51. The van der Waals surface area contributed by atoms with Gasteiger partial charge in [0.25, 0.3) is 12.3 Å². The number of halogens is 5. The number of benzene rings is 1. The van der Waals surface area contributed by atoms with Crippen LogP contribution in [0.2, 0.25) is 5.02 Å². The molecule has 0 bridgehead atoms. The fourth-order valence-electron chi connectivity index (χ4n) is 1.47. The van der Waals surface area contributed by atoms with Crippen LogP contribution in [0.5, 0.6) is 0 Å². The minimum atomic E-state index is -2.99. The smallest absolute Gasteiger partial charge is 0.269 e. The maximum atomic E-state index is 13.2. The highest BCUT2D eigenvalue weighted by atomic mass is 35.5. The van der Waals surface area contributed by atoms with Crippen LogP contribution < -0.4 is 0 Å². The van der Waals surface area contributed by atoms with Crippen molar-refractivity contribution in [2.24, 2.45) is 9.98 Å². The number of thioether (sulfide) groups is 1. The van der Waals surface area contributed by atoms with E-state index in [4.69, 9.17) is 11.6 Å². The summed E-state index contributed by atoms with van der Waals surface area (Å²) in [6.45, 7) is 3.08. The van der Waals surface area contributed by atoms with Crippen LogP contribution >= 0.6 is 23.4 Å². The van der Waals surface area contributed by atoms with Crippen LogP contribution in [-0.2, 0) is 6.42 Å². The first-order valence-corrected chi connectivity index (χ1v) is 7.85. The Morgan fingerprint density at radius 3 is 2.70 bits per heavy atom. The number of alkyl halides is 4. The Labute approximate surface area is 141 Å². The molecule has 126 valence electrons. The monoisotopic (exact) mass is 366 g/mol. The third-order valence-electron chi connectivity index (χ3n) is 2.69. The van der Waals surface area contributed by atoms with Gasteiger partial charge in [-0.3, -0.25) is 4.99 Å². The standard InChI is InChI=1S/C15H15ClF4N2S/c1-3-15(19,20)9-23-12-8-10(4-5-11(12)16)6-7-22-14(21-2)13(17)18/h3-5,7-8,13H,1,6,9H2,2H3. The molecule has 0 aliphatic carbocycles. The van der Waals surface area contributed by atoms with Crippen LogP contribution in [0.15, 0.2) is 45.7 Å². The van der Waals surface area contributed by atoms with Crippen LogP contribution in [0.25, 0.3) is 0 Å². The van der Waals surface area contributed by atoms with Crippen molar-refractivity contribution in [2.45, 2.75) is 23.7 Å². The van der Waals surface area contributed by atoms with E-state index in [1.807, 2.05) is 0 Å². The Hall–Kier alpha value is -1.34. The van der Waals surface area contributed by atoms with Gasteiger partial charge in [-0.05, 0) is 23.8 Å². The summed E-state index contributed by atoms with van der Waals surface area (Å²) < 4.78 is 51.3. The van der Waals surface area contributed by atoms with Gasteiger partial charge in [-0.1, -0.05) is 24.2 Å². The van der Waals surface area contributed by atoms with E-state index in [-0.39, 0.29) is 6.42 Å². The Bertz CT molecular complexity index is 603. The summed E-state index contributed by atoms with van der Waals surface area (Å²) in [6, 6.07) is 4.87.